The second kappa shape index (κ2) is 17.6. The molecule has 304 valence electrons. The number of rotatable bonds is 13. The Labute approximate surface area is 340 Å². The molecule has 0 bridgehead atoms. The van der Waals surface area contributed by atoms with E-state index in [4.69, 9.17) is 19.4 Å². The number of fused-ring (bicyclic) bond motifs is 2. The minimum atomic E-state index is -0.975. The van der Waals surface area contributed by atoms with Gasteiger partial charge in [0.1, 0.15) is 23.7 Å². The summed E-state index contributed by atoms with van der Waals surface area (Å²) in [4.78, 5) is 86.2. The predicted molar refractivity (Wildman–Crippen MR) is 219 cm³/mol. The molecule has 1 aliphatic rings. The number of hydrogen-bond donors (Lipinski definition) is 4. The van der Waals surface area contributed by atoms with Gasteiger partial charge in [-0.15, -0.1) is 0 Å². The van der Waals surface area contributed by atoms with Crippen LogP contribution in [0.5, 0.6) is 0 Å². The Bertz CT molecular complexity index is 2480. The van der Waals surface area contributed by atoms with E-state index < -0.39 is 30.3 Å². The van der Waals surface area contributed by atoms with Crippen molar-refractivity contribution < 1.29 is 33.4 Å². The second-order valence-corrected chi connectivity index (χ2v) is 14.4. The fourth-order valence-electron chi connectivity index (χ4n) is 7.61. The van der Waals surface area contributed by atoms with E-state index in [2.05, 4.69) is 20.6 Å². The Hall–Kier alpha value is -7.03. The van der Waals surface area contributed by atoms with Crippen LogP contribution in [0.1, 0.15) is 96.0 Å². The molecule has 0 spiro atoms. The van der Waals surface area contributed by atoms with Crippen molar-refractivity contribution in [2.45, 2.75) is 57.3 Å². The van der Waals surface area contributed by atoms with Crippen molar-refractivity contribution in [3.05, 3.63) is 131 Å². The van der Waals surface area contributed by atoms with Gasteiger partial charge in [0.2, 0.25) is 0 Å². The first-order chi connectivity index (χ1) is 28.6. The molecule has 0 aliphatic carbocycles. The average Bonchev–Trinajstić information content (AvgIpc) is 4.04. The van der Waals surface area contributed by atoms with Gasteiger partial charge in [-0.2, -0.15) is 0 Å². The molecule has 6 aromatic rings. The van der Waals surface area contributed by atoms with Crippen LogP contribution in [0.25, 0.3) is 22.1 Å². The molecule has 0 radical (unpaired) electrons. The van der Waals surface area contributed by atoms with Gasteiger partial charge in [0.25, 0.3) is 11.8 Å². The number of nitrogens with one attached hydrogen (secondary N) is 4. The van der Waals surface area contributed by atoms with Gasteiger partial charge in [0.15, 0.2) is 5.78 Å². The number of ether oxygens (including phenoxy) is 2. The largest absolute Gasteiger partial charge is 0.453 e. The standard InChI is InChI=1S/C44H46N8O7/c1-5-22-51(41(54)36(49-43(56)58-3)27-13-8-6-9-14-27)26(2)39-45-31-20-18-29(24-33(31)47-39)38(53)30-19-21-32-34(25-30)48-40(46-32)35-17-12-23-52(35)42(55)37(50-44(57)59-4)28-15-10-7-11-16-28/h6-11,13-16,18-21,24-26,35-37H,5,12,17,22-23H2,1-4H3,(H,45,47)(H,46,48)(H,49,56)(H,50,57)/t26-,35-,36+,37+/m0/s1. The Morgan fingerprint density at radius 2 is 1.34 bits per heavy atom. The molecule has 0 unspecified atom stereocenters. The van der Waals surface area contributed by atoms with Crippen molar-refractivity contribution in [3.63, 3.8) is 0 Å². The minimum Gasteiger partial charge on any atom is -0.453 e. The van der Waals surface area contributed by atoms with Crippen LogP contribution in [-0.4, -0.2) is 86.8 Å². The van der Waals surface area contributed by atoms with Crippen molar-refractivity contribution in [1.29, 1.82) is 0 Å². The van der Waals surface area contributed by atoms with Gasteiger partial charge >= 0.3 is 12.2 Å². The van der Waals surface area contributed by atoms with E-state index in [-0.39, 0.29) is 23.6 Å². The lowest BCUT2D eigenvalue weighted by atomic mass is 10.0. The monoisotopic (exact) mass is 798 g/mol. The summed E-state index contributed by atoms with van der Waals surface area (Å²) in [5.74, 6) is 0.312. The average molecular weight is 799 g/mol. The summed E-state index contributed by atoms with van der Waals surface area (Å²) in [6.07, 6.45) is 0.655. The number of ketones is 1. The number of imidazole rings is 2. The third-order valence-corrected chi connectivity index (χ3v) is 10.6. The SMILES string of the molecule is CCCN(C(=O)[C@H](NC(=O)OC)c1ccccc1)[C@@H](C)c1nc2ccc(C(=O)c3ccc4nc([C@@H]5CCCN5C(=O)[C@H](NC(=O)OC)c5ccccc5)[nH]c4c3)cc2[nH]1. The first kappa shape index (κ1) is 40.2. The Morgan fingerprint density at radius 1 is 0.780 bits per heavy atom. The lowest BCUT2D eigenvalue weighted by molar-refractivity contribution is -0.136. The van der Waals surface area contributed by atoms with E-state index in [0.29, 0.717) is 81.9 Å². The fourth-order valence-corrected chi connectivity index (χ4v) is 7.61. The number of benzene rings is 4. The number of carbonyl (C=O) groups is 5. The smallest absolute Gasteiger partial charge is 0.407 e. The molecule has 4 aromatic carbocycles. The number of amides is 4. The van der Waals surface area contributed by atoms with Gasteiger partial charge in [0, 0.05) is 24.2 Å². The summed E-state index contributed by atoms with van der Waals surface area (Å²) in [5.41, 5.74) is 4.67. The van der Waals surface area contributed by atoms with Crippen molar-refractivity contribution in [2.75, 3.05) is 27.3 Å². The molecule has 59 heavy (non-hydrogen) atoms. The normalized spacial score (nSPS) is 15.3. The van der Waals surface area contributed by atoms with Gasteiger partial charge in [-0.05, 0) is 73.7 Å². The van der Waals surface area contributed by atoms with Crippen molar-refractivity contribution >= 4 is 51.9 Å². The van der Waals surface area contributed by atoms with E-state index in [1.807, 2.05) is 38.1 Å². The zero-order valence-corrected chi connectivity index (χ0v) is 33.2. The first-order valence-corrected chi connectivity index (χ1v) is 19.5. The van der Waals surface area contributed by atoms with Crippen LogP contribution >= 0.6 is 0 Å². The number of alkyl carbamates (subject to hydrolysis) is 2. The molecule has 3 heterocycles. The van der Waals surface area contributed by atoms with E-state index >= 15 is 0 Å². The molecule has 1 fully saturated rings. The molecule has 1 saturated heterocycles. The third-order valence-electron chi connectivity index (χ3n) is 10.6. The molecular weight excluding hydrogens is 753 g/mol. The number of methoxy groups -OCH3 is 2. The molecule has 4 N–H and O–H groups in total. The number of hydrogen-bond acceptors (Lipinski definition) is 9. The van der Waals surface area contributed by atoms with Crippen molar-refractivity contribution in [1.82, 2.24) is 40.4 Å². The summed E-state index contributed by atoms with van der Waals surface area (Å²) >= 11 is 0. The maximum atomic E-state index is 14.1. The molecule has 15 heteroatoms. The quantitative estimate of drug-likeness (QED) is 0.0908. The lowest BCUT2D eigenvalue weighted by Crippen LogP contribution is -2.44. The van der Waals surface area contributed by atoms with Gasteiger partial charge in [-0.1, -0.05) is 67.6 Å². The Balaban J connectivity index is 1.10. The van der Waals surface area contributed by atoms with E-state index in [9.17, 15) is 24.0 Å². The van der Waals surface area contributed by atoms with E-state index in [0.717, 1.165) is 6.42 Å². The lowest BCUT2D eigenvalue weighted by Gasteiger charge is -2.31. The zero-order valence-electron chi connectivity index (χ0n) is 33.2. The molecular formula is C44H46N8O7. The van der Waals surface area contributed by atoms with Crippen LogP contribution in [0.2, 0.25) is 0 Å². The number of H-pyrrole nitrogens is 2. The van der Waals surface area contributed by atoms with Crippen molar-refractivity contribution in [2.24, 2.45) is 0 Å². The number of nitrogens with zero attached hydrogens (tertiary/aromatic N) is 4. The molecule has 7 rings (SSSR count). The predicted octanol–water partition coefficient (Wildman–Crippen LogP) is 6.83. The molecule has 0 saturated carbocycles. The van der Waals surface area contributed by atoms with Gasteiger partial charge in [-0.25, -0.2) is 19.6 Å². The summed E-state index contributed by atoms with van der Waals surface area (Å²) in [6, 6.07) is 25.7. The van der Waals surface area contributed by atoms with Crippen LogP contribution in [-0.2, 0) is 19.1 Å². The van der Waals surface area contributed by atoms with Crippen molar-refractivity contribution in [3.8, 4) is 0 Å². The molecule has 2 aromatic heterocycles. The fraction of sp³-hybridized carbons (Fsp3) is 0.295. The van der Waals surface area contributed by atoms with Crippen LogP contribution in [0.3, 0.4) is 0 Å². The van der Waals surface area contributed by atoms with Gasteiger partial charge < -0.3 is 39.9 Å². The summed E-state index contributed by atoms with van der Waals surface area (Å²) in [6.45, 7) is 4.73. The number of aromatic nitrogens is 4. The van der Waals surface area contributed by atoms with Crippen LogP contribution < -0.4 is 10.6 Å². The molecule has 4 amide bonds. The summed E-state index contributed by atoms with van der Waals surface area (Å²) in [5, 5.41) is 5.37. The third kappa shape index (κ3) is 8.49. The Kier molecular flexibility index (Phi) is 12.0. The maximum Gasteiger partial charge on any atom is 0.407 e. The topological polar surface area (TPSA) is 192 Å². The highest BCUT2D eigenvalue weighted by atomic mass is 16.5. The van der Waals surface area contributed by atoms with Crippen LogP contribution in [0, 0.1) is 0 Å². The molecule has 15 nitrogen and oxygen atoms in total. The summed E-state index contributed by atoms with van der Waals surface area (Å²) in [7, 11) is 2.51. The van der Waals surface area contributed by atoms with E-state index in [1.165, 1.54) is 14.2 Å². The number of likely N-dealkylation sites (tertiary alicyclic amines) is 1. The Morgan fingerprint density at radius 3 is 1.93 bits per heavy atom. The molecule has 4 atom stereocenters. The van der Waals surface area contributed by atoms with Gasteiger partial charge in [0.05, 0.1) is 48.4 Å². The van der Waals surface area contributed by atoms with Crippen LogP contribution in [0.15, 0.2) is 97.1 Å². The highest BCUT2D eigenvalue weighted by molar-refractivity contribution is 6.11. The van der Waals surface area contributed by atoms with Gasteiger partial charge in [-0.3, -0.25) is 14.4 Å². The zero-order chi connectivity index (χ0) is 41.6. The number of carbonyl (C=O) groups excluding carboxylic acids is 5. The highest BCUT2D eigenvalue weighted by Crippen LogP contribution is 2.34. The minimum absolute atomic E-state index is 0.214. The molecule has 1 aliphatic heterocycles. The second-order valence-electron chi connectivity index (χ2n) is 14.4. The maximum absolute atomic E-state index is 14.1. The summed E-state index contributed by atoms with van der Waals surface area (Å²) < 4.78 is 9.65. The van der Waals surface area contributed by atoms with Crippen LogP contribution in [0.4, 0.5) is 9.59 Å². The highest BCUT2D eigenvalue weighted by Gasteiger charge is 2.37. The van der Waals surface area contributed by atoms with E-state index in [1.54, 1.807) is 82.6 Å². The first-order valence-electron chi connectivity index (χ1n) is 19.5. The number of aromatic amines is 2.